The molecule has 8 heteroatoms. The minimum Gasteiger partial charge on any atom is -0.265 e. The van der Waals surface area contributed by atoms with Gasteiger partial charge in [-0.25, -0.2) is 8.42 Å². The lowest BCUT2D eigenvalue weighted by molar-refractivity contribution is 0.600. The van der Waals surface area contributed by atoms with E-state index < -0.39 is 10.0 Å². The number of rotatable bonds is 7. The first-order chi connectivity index (χ1) is 13.2. The average Bonchev–Trinajstić information content (AvgIpc) is 2.95. The third-order valence-corrected chi connectivity index (χ3v) is 6.27. The SMILES string of the molecule is CC(C)Cc1ccc(S(=O)(=O)Nc2nn(Cc3ccc(Cl)cc3)cc2Br)cc1. The van der Waals surface area contributed by atoms with Crippen molar-refractivity contribution in [2.75, 3.05) is 4.72 Å². The van der Waals surface area contributed by atoms with Crippen LogP contribution in [0.2, 0.25) is 5.02 Å². The summed E-state index contributed by atoms with van der Waals surface area (Å²) in [6.07, 6.45) is 2.65. The van der Waals surface area contributed by atoms with Crippen LogP contribution in [0.1, 0.15) is 25.0 Å². The number of sulfonamides is 1. The molecule has 0 saturated carbocycles. The van der Waals surface area contributed by atoms with Gasteiger partial charge in [0.1, 0.15) is 0 Å². The zero-order valence-corrected chi connectivity index (χ0v) is 18.7. The minimum absolute atomic E-state index is 0.208. The van der Waals surface area contributed by atoms with E-state index in [9.17, 15) is 8.42 Å². The Labute approximate surface area is 178 Å². The van der Waals surface area contributed by atoms with E-state index in [1.807, 2.05) is 36.4 Å². The standard InChI is InChI=1S/C20H21BrClN3O2S/c1-14(2)11-15-5-9-18(10-6-15)28(26,27)24-20-19(21)13-25(23-20)12-16-3-7-17(22)8-4-16/h3-10,13-14H,11-12H2,1-2H3,(H,23,24). The molecule has 0 unspecified atom stereocenters. The Hall–Kier alpha value is -1.83. The molecule has 0 radical (unpaired) electrons. The van der Waals surface area contributed by atoms with Crippen molar-refractivity contribution < 1.29 is 8.42 Å². The van der Waals surface area contributed by atoms with Crippen LogP contribution in [0.25, 0.3) is 0 Å². The number of hydrogen-bond acceptors (Lipinski definition) is 3. The van der Waals surface area contributed by atoms with E-state index in [0.717, 1.165) is 17.5 Å². The zero-order valence-electron chi connectivity index (χ0n) is 15.6. The lowest BCUT2D eigenvalue weighted by Gasteiger charge is -2.08. The van der Waals surface area contributed by atoms with Crippen LogP contribution in [0, 0.1) is 5.92 Å². The van der Waals surface area contributed by atoms with Gasteiger partial charge in [-0.1, -0.05) is 49.7 Å². The maximum Gasteiger partial charge on any atom is 0.263 e. The van der Waals surface area contributed by atoms with E-state index >= 15 is 0 Å². The monoisotopic (exact) mass is 481 g/mol. The van der Waals surface area contributed by atoms with Crippen LogP contribution in [0.15, 0.2) is 64.1 Å². The van der Waals surface area contributed by atoms with Gasteiger partial charge in [0.2, 0.25) is 0 Å². The second kappa shape index (κ2) is 8.68. The highest BCUT2D eigenvalue weighted by Gasteiger charge is 2.18. The van der Waals surface area contributed by atoms with E-state index in [-0.39, 0.29) is 10.7 Å². The topological polar surface area (TPSA) is 64.0 Å². The Morgan fingerprint density at radius 3 is 2.29 bits per heavy atom. The highest BCUT2D eigenvalue weighted by molar-refractivity contribution is 9.10. The van der Waals surface area contributed by atoms with Crippen LogP contribution >= 0.6 is 27.5 Å². The summed E-state index contributed by atoms with van der Waals surface area (Å²) in [5, 5.41) is 5.01. The fraction of sp³-hybridized carbons (Fsp3) is 0.250. The molecule has 148 valence electrons. The van der Waals surface area contributed by atoms with Gasteiger partial charge in [0, 0.05) is 11.2 Å². The molecule has 1 heterocycles. The molecular weight excluding hydrogens is 462 g/mol. The molecule has 0 fully saturated rings. The third kappa shape index (κ3) is 5.37. The van der Waals surface area contributed by atoms with Crippen LogP contribution < -0.4 is 4.72 Å². The van der Waals surface area contributed by atoms with Gasteiger partial charge in [-0.05, 0) is 63.7 Å². The Balaban J connectivity index is 1.75. The predicted molar refractivity (Wildman–Crippen MR) is 116 cm³/mol. The number of anilines is 1. The van der Waals surface area contributed by atoms with Gasteiger partial charge < -0.3 is 0 Å². The van der Waals surface area contributed by atoms with Crippen molar-refractivity contribution in [2.24, 2.45) is 5.92 Å². The third-order valence-electron chi connectivity index (χ3n) is 4.08. The maximum atomic E-state index is 12.7. The number of nitrogens with one attached hydrogen (secondary N) is 1. The van der Waals surface area contributed by atoms with Crippen molar-refractivity contribution >= 4 is 43.4 Å². The number of benzene rings is 2. The molecule has 5 nitrogen and oxygen atoms in total. The Morgan fingerprint density at radius 1 is 1.07 bits per heavy atom. The van der Waals surface area contributed by atoms with Crippen molar-refractivity contribution in [3.8, 4) is 0 Å². The van der Waals surface area contributed by atoms with Crippen LogP contribution in [-0.4, -0.2) is 18.2 Å². The smallest absolute Gasteiger partial charge is 0.263 e. The minimum atomic E-state index is -3.72. The van der Waals surface area contributed by atoms with Gasteiger partial charge in [0.15, 0.2) is 5.82 Å². The van der Waals surface area contributed by atoms with Gasteiger partial charge in [-0.3, -0.25) is 9.40 Å². The first kappa shape index (κ1) is 20.9. The summed E-state index contributed by atoms with van der Waals surface area (Å²) < 4.78 is 30.2. The van der Waals surface area contributed by atoms with Gasteiger partial charge in [-0.2, -0.15) is 5.10 Å². The van der Waals surface area contributed by atoms with Gasteiger partial charge >= 0.3 is 0 Å². The molecule has 0 atom stereocenters. The fourth-order valence-corrected chi connectivity index (χ4v) is 4.48. The average molecular weight is 483 g/mol. The van der Waals surface area contributed by atoms with Crippen LogP contribution in [0.5, 0.6) is 0 Å². The molecule has 2 aromatic carbocycles. The van der Waals surface area contributed by atoms with Gasteiger partial charge in [0.25, 0.3) is 10.0 Å². The van der Waals surface area contributed by atoms with E-state index in [1.165, 1.54) is 0 Å². The van der Waals surface area contributed by atoms with E-state index in [4.69, 9.17) is 11.6 Å². The van der Waals surface area contributed by atoms with Gasteiger partial charge in [-0.15, -0.1) is 0 Å². The highest BCUT2D eigenvalue weighted by Crippen LogP contribution is 2.24. The normalized spacial score (nSPS) is 11.8. The second-order valence-electron chi connectivity index (χ2n) is 7.00. The molecule has 0 bridgehead atoms. The van der Waals surface area contributed by atoms with Crippen LogP contribution in [-0.2, 0) is 23.0 Å². The molecular formula is C20H21BrClN3O2S. The summed E-state index contributed by atoms with van der Waals surface area (Å²) in [5.41, 5.74) is 2.12. The molecule has 0 spiro atoms. The van der Waals surface area contributed by atoms with Crippen molar-refractivity contribution in [1.82, 2.24) is 9.78 Å². The molecule has 0 amide bonds. The molecule has 0 aliphatic heterocycles. The number of aromatic nitrogens is 2. The summed E-state index contributed by atoms with van der Waals surface area (Å²) in [6.45, 7) is 4.76. The predicted octanol–water partition coefficient (Wildman–Crippen LogP) is 5.35. The molecule has 1 N–H and O–H groups in total. The highest BCUT2D eigenvalue weighted by atomic mass is 79.9. The van der Waals surface area contributed by atoms with E-state index in [1.54, 1.807) is 23.0 Å². The number of hydrogen-bond donors (Lipinski definition) is 1. The molecule has 3 aromatic rings. The van der Waals surface area contributed by atoms with Crippen LogP contribution in [0.3, 0.4) is 0 Å². The summed E-state index contributed by atoms with van der Waals surface area (Å²) >= 11 is 9.28. The van der Waals surface area contributed by atoms with E-state index in [0.29, 0.717) is 22.0 Å². The molecule has 0 saturated heterocycles. The Morgan fingerprint density at radius 2 is 1.68 bits per heavy atom. The largest absolute Gasteiger partial charge is 0.265 e. The van der Waals surface area contributed by atoms with Crippen molar-refractivity contribution in [1.29, 1.82) is 0 Å². The molecule has 0 aliphatic rings. The maximum absolute atomic E-state index is 12.7. The first-order valence-corrected chi connectivity index (χ1v) is 11.5. The van der Waals surface area contributed by atoms with Crippen LogP contribution in [0.4, 0.5) is 5.82 Å². The zero-order chi connectivity index (χ0) is 20.3. The Bertz CT molecular complexity index is 1050. The number of halogens is 2. The van der Waals surface area contributed by atoms with Gasteiger partial charge in [0.05, 0.1) is 15.9 Å². The molecule has 3 rings (SSSR count). The summed E-state index contributed by atoms with van der Waals surface area (Å²) in [7, 11) is -3.72. The van der Waals surface area contributed by atoms with Crippen molar-refractivity contribution in [3.63, 3.8) is 0 Å². The summed E-state index contributed by atoms with van der Waals surface area (Å²) in [5.74, 6) is 0.765. The molecule has 1 aromatic heterocycles. The quantitative estimate of drug-likeness (QED) is 0.494. The molecule has 28 heavy (non-hydrogen) atoms. The van der Waals surface area contributed by atoms with Crippen molar-refractivity contribution in [2.45, 2.75) is 31.7 Å². The number of nitrogens with zero attached hydrogens (tertiary/aromatic N) is 2. The molecule has 0 aliphatic carbocycles. The Kier molecular flexibility index (Phi) is 6.47. The summed E-state index contributed by atoms with van der Waals surface area (Å²) in [6, 6.07) is 14.4. The second-order valence-corrected chi connectivity index (χ2v) is 9.97. The lowest BCUT2D eigenvalue weighted by Crippen LogP contribution is -2.14. The fourth-order valence-electron chi connectivity index (χ4n) is 2.79. The lowest BCUT2D eigenvalue weighted by atomic mass is 10.0. The first-order valence-electron chi connectivity index (χ1n) is 8.82. The van der Waals surface area contributed by atoms with E-state index in [2.05, 4.69) is 39.6 Å². The van der Waals surface area contributed by atoms with Crippen molar-refractivity contribution in [3.05, 3.63) is 75.4 Å². The summed E-state index contributed by atoms with van der Waals surface area (Å²) in [4.78, 5) is 0.208.